The van der Waals surface area contributed by atoms with E-state index in [4.69, 9.17) is 32.4 Å². The van der Waals surface area contributed by atoms with Crippen LogP contribution >= 0.6 is 0 Å². The van der Waals surface area contributed by atoms with Crippen molar-refractivity contribution in [3.8, 4) is 5.75 Å². The fourth-order valence-corrected chi connectivity index (χ4v) is 4.91. The zero-order valence-electron chi connectivity index (χ0n) is 30.5. The average molecular weight is 736 g/mol. The lowest BCUT2D eigenvalue weighted by Crippen LogP contribution is -2.60. The topological polar surface area (TPSA) is 306 Å². The number of carbonyl (C=O) groups is 6. The second kappa shape index (κ2) is 24.3. The molecule has 0 bridgehead atoms. The van der Waals surface area contributed by atoms with E-state index in [1.807, 2.05) is 0 Å². The van der Waals surface area contributed by atoms with Gasteiger partial charge in [-0.05, 0) is 76.1 Å². The number of hydrogen-bond donors (Lipinski definition) is 9. The molecule has 0 spiro atoms. The average Bonchev–Trinajstić information content (AvgIpc) is 3.08. The highest BCUT2D eigenvalue weighted by molar-refractivity contribution is 5.97. The summed E-state index contributed by atoms with van der Waals surface area (Å²) in [5.74, 6) is -5.09. The summed E-state index contributed by atoms with van der Waals surface area (Å²) in [6, 6.07) is 0.0523. The molecule has 18 nitrogen and oxygen atoms in total. The van der Waals surface area contributed by atoms with E-state index in [9.17, 15) is 33.9 Å². The molecule has 0 aromatic heterocycles. The number of ether oxygens (including phenoxy) is 2. The molecule has 4 amide bonds. The largest absolute Gasteiger partial charge is 0.508 e. The predicted molar refractivity (Wildman–Crippen MR) is 193 cm³/mol. The summed E-state index contributed by atoms with van der Waals surface area (Å²) in [6.07, 6.45) is 1.21. The molecule has 0 aliphatic carbocycles. The van der Waals surface area contributed by atoms with Crippen LogP contribution in [0.4, 0.5) is 0 Å². The second-order valence-electron chi connectivity index (χ2n) is 12.4. The van der Waals surface area contributed by atoms with Gasteiger partial charge < -0.3 is 58.8 Å². The zero-order chi connectivity index (χ0) is 39.2. The number of unbranched alkanes of at least 4 members (excludes halogenated alkanes) is 1. The molecule has 0 unspecified atom stereocenters. The molecule has 18 heteroatoms. The Bertz CT molecular complexity index is 1340. The van der Waals surface area contributed by atoms with Gasteiger partial charge in [0.25, 0.3) is 0 Å². The van der Waals surface area contributed by atoms with Gasteiger partial charge in [0.1, 0.15) is 29.9 Å². The van der Waals surface area contributed by atoms with Crippen molar-refractivity contribution in [1.29, 1.82) is 0 Å². The number of rotatable bonds is 24. The fraction of sp³-hybridized carbons (Fsp3) is 0.618. The monoisotopic (exact) mass is 735 g/mol. The van der Waals surface area contributed by atoms with Gasteiger partial charge in [0.05, 0.1) is 25.7 Å². The number of nitrogens with one attached hydrogen (secondary N) is 4. The molecule has 1 aromatic carbocycles. The van der Waals surface area contributed by atoms with E-state index in [1.165, 1.54) is 12.1 Å². The van der Waals surface area contributed by atoms with Crippen molar-refractivity contribution in [3.05, 3.63) is 29.8 Å². The van der Waals surface area contributed by atoms with E-state index < -0.39 is 78.1 Å². The van der Waals surface area contributed by atoms with E-state index in [1.54, 1.807) is 39.8 Å². The van der Waals surface area contributed by atoms with Gasteiger partial charge in [0.15, 0.2) is 5.96 Å². The molecular weight excluding hydrogens is 678 g/mol. The van der Waals surface area contributed by atoms with Crippen molar-refractivity contribution in [1.82, 2.24) is 21.3 Å². The number of nitrogens with zero attached hydrogens (tertiary/aromatic N) is 1. The minimum Gasteiger partial charge on any atom is -0.508 e. The third-order valence-electron chi connectivity index (χ3n) is 7.70. The van der Waals surface area contributed by atoms with Crippen LogP contribution < -0.4 is 44.2 Å². The molecule has 0 fully saturated rings. The number of esters is 2. The normalized spacial score (nSPS) is 13.8. The van der Waals surface area contributed by atoms with Crippen LogP contribution in [0.2, 0.25) is 0 Å². The first-order valence-corrected chi connectivity index (χ1v) is 17.5. The first-order chi connectivity index (χ1) is 24.6. The molecule has 52 heavy (non-hydrogen) atoms. The second-order valence-corrected chi connectivity index (χ2v) is 12.4. The Kier molecular flexibility index (Phi) is 21.0. The number of hydrogen-bond acceptors (Lipinski definition) is 12. The van der Waals surface area contributed by atoms with Crippen molar-refractivity contribution in [2.24, 2.45) is 33.8 Å². The number of amides is 4. The van der Waals surface area contributed by atoms with Crippen LogP contribution in [0.25, 0.3) is 0 Å². The summed E-state index contributed by atoms with van der Waals surface area (Å²) < 4.78 is 10.2. The first-order valence-electron chi connectivity index (χ1n) is 17.5. The lowest BCUT2D eigenvalue weighted by Gasteiger charge is -2.28. The summed E-state index contributed by atoms with van der Waals surface area (Å²) in [7, 11) is 0. The van der Waals surface area contributed by atoms with Gasteiger partial charge in [-0.15, -0.1) is 0 Å². The summed E-state index contributed by atoms with van der Waals surface area (Å²) in [5.41, 5.74) is 22.9. The first kappa shape index (κ1) is 45.1. The van der Waals surface area contributed by atoms with Gasteiger partial charge in [0, 0.05) is 13.0 Å². The Balaban J connectivity index is 3.22. The van der Waals surface area contributed by atoms with Crippen molar-refractivity contribution in [2.45, 2.75) is 103 Å². The van der Waals surface area contributed by atoms with Crippen LogP contribution in [0.1, 0.15) is 71.8 Å². The molecule has 0 heterocycles. The minimum atomic E-state index is -1.51. The van der Waals surface area contributed by atoms with Gasteiger partial charge in [-0.3, -0.25) is 29.0 Å². The number of phenols is 1. The SMILES string of the molecule is CCOC(=O)C[C@H](NC(=O)[C@H](CCCCN)NC(=O)[C@@H](N)CCCN=C(N)N)C(=O)N[C@H](C(=O)N[C@@H](Cc1ccc(O)cc1)C(=O)OCC)C(C)C. The van der Waals surface area contributed by atoms with Gasteiger partial charge >= 0.3 is 11.9 Å². The number of aliphatic imine (C=N–C) groups is 1. The van der Waals surface area contributed by atoms with Gasteiger partial charge in [-0.25, -0.2) is 4.79 Å². The van der Waals surface area contributed by atoms with Crippen LogP contribution in [-0.2, 0) is 44.7 Å². The van der Waals surface area contributed by atoms with Crippen molar-refractivity contribution < 1.29 is 43.3 Å². The molecule has 0 aliphatic heterocycles. The standard InChI is InChI=1S/C34H57N9O9/c1-5-51-27(45)19-25(41-30(47)24(11-7-8-16-35)40-29(46)23(36)10-9-17-39-34(37)38)31(48)43-28(20(3)4)32(49)42-26(33(50)52-6-2)18-21-12-14-22(44)15-13-21/h12-15,20,23-26,28,44H,5-11,16-19,35-36H2,1-4H3,(H,40,46)(H,41,47)(H,42,49)(H,43,48)(H4,37,38,39)/t23-,24-,25-,26-,28-/m0/s1. The van der Waals surface area contributed by atoms with E-state index in [0.717, 1.165) is 0 Å². The Morgan fingerprint density at radius 2 is 1.37 bits per heavy atom. The highest BCUT2D eigenvalue weighted by atomic mass is 16.5. The van der Waals surface area contributed by atoms with Gasteiger partial charge in [0.2, 0.25) is 23.6 Å². The number of guanidine groups is 1. The molecular formula is C34H57N9O9. The maximum Gasteiger partial charge on any atom is 0.328 e. The number of nitrogens with two attached hydrogens (primary N) is 4. The van der Waals surface area contributed by atoms with Crippen molar-refractivity contribution in [2.75, 3.05) is 26.3 Å². The third-order valence-corrected chi connectivity index (χ3v) is 7.70. The van der Waals surface area contributed by atoms with E-state index in [2.05, 4.69) is 26.3 Å². The van der Waals surface area contributed by atoms with Crippen molar-refractivity contribution >= 4 is 41.5 Å². The lowest BCUT2D eigenvalue weighted by atomic mass is 10.0. The Labute approximate surface area is 304 Å². The van der Waals surface area contributed by atoms with E-state index >= 15 is 0 Å². The number of carbonyl (C=O) groups excluding carboxylic acids is 6. The maximum absolute atomic E-state index is 13.7. The summed E-state index contributed by atoms with van der Waals surface area (Å²) in [6.45, 7) is 7.17. The van der Waals surface area contributed by atoms with Crippen LogP contribution in [0.3, 0.4) is 0 Å². The molecule has 292 valence electrons. The molecule has 13 N–H and O–H groups in total. The van der Waals surface area contributed by atoms with E-state index in [0.29, 0.717) is 31.4 Å². The summed E-state index contributed by atoms with van der Waals surface area (Å²) in [4.78, 5) is 83.0. The third kappa shape index (κ3) is 17.3. The van der Waals surface area contributed by atoms with Crippen LogP contribution in [0.15, 0.2) is 29.3 Å². The molecule has 1 rings (SSSR count). The number of aromatic hydroxyl groups is 1. The van der Waals surface area contributed by atoms with Gasteiger partial charge in [-0.2, -0.15) is 0 Å². The highest BCUT2D eigenvalue weighted by Gasteiger charge is 2.34. The smallest absolute Gasteiger partial charge is 0.328 e. The molecule has 1 aromatic rings. The summed E-state index contributed by atoms with van der Waals surface area (Å²) >= 11 is 0. The Morgan fingerprint density at radius 1 is 0.769 bits per heavy atom. The fourth-order valence-electron chi connectivity index (χ4n) is 4.91. The highest BCUT2D eigenvalue weighted by Crippen LogP contribution is 2.13. The van der Waals surface area contributed by atoms with Crippen LogP contribution in [-0.4, -0.2) is 103 Å². The molecule has 0 radical (unpaired) electrons. The van der Waals surface area contributed by atoms with Crippen LogP contribution in [0.5, 0.6) is 5.75 Å². The number of phenolic OH excluding ortho intramolecular Hbond substituents is 1. The maximum atomic E-state index is 13.7. The minimum absolute atomic E-state index is 0.00721. The van der Waals surface area contributed by atoms with Gasteiger partial charge in [-0.1, -0.05) is 26.0 Å². The molecule has 0 saturated heterocycles. The molecule has 0 aliphatic rings. The Morgan fingerprint density at radius 3 is 1.94 bits per heavy atom. The van der Waals surface area contributed by atoms with Crippen molar-refractivity contribution in [3.63, 3.8) is 0 Å². The number of benzene rings is 1. The lowest BCUT2D eigenvalue weighted by molar-refractivity contribution is -0.148. The molecule has 5 atom stereocenters. The van der Waals surface area contributed by atoms with E-state index in [-0.39, 0.29) is 50.7 Å². The van der Waals surface area contributed by atoms with Crippen LogP contribution in [0, 0.1) is 5.92 Å². The predicted octanol–water partition coefficient (Wildman–Crippen LogP) is -1.44. The quantitative estimate of drug-likeness (QED) is 0.0255. The molecule has 0 saturated carbocycles. The summed E-state index contributed by atoms with van der Waals surface area (Å²) in [5, 5.41) is 20.0. The Hall–Kier alpha value is -4.97. The zero-order valence-corrected chi connectivity index (χ0v) is 30.5.